The van der Waals surface area contributed by atoms with E-state index in [2.05, 4.69) is 10.3 Å². The number of amides is 1. The number of anilines is 1. The lowest BCUT2D eigenvalue weighted by Gasteiger charge is -2.23. The van der Waals surface area contributed by atoms with Gasteiger partial charge in [-0.25, -0.2) is 18.2 Å². The number of aromatic nitrogens is 1. The average Bonchev–Trinajstić information content (AvgIpc) is 3.63. The number of rotatable bonds is 17. The number of thiazole rings is 1. The molecule has 0 aliphatic heterocycles. The summed E-state index contributed by atoms with van der Waals surface area (Å²) < 4.78 is 90.1. The molecule has 0 saturated carbocycles. The molecule has 6 aromatic rings. The number of benzene rings is 5. The van der Waals surface area contributed by atoms with Crippen molar-refractivity contribution in [2.75, 3.05) is 26.6 Å². The number of carbonyl (C=O) groups is 1. The van der Waals surface area contributed by atoms with Gasteiger partial charge in [0.2, 0.25) is 0 Å². The summed E-state index contributed by atoms with van der Waals surface area (Å²) in [6.07, 6.45) is -1.16. The largest absolute Gasteiger partial charge is 0.494 e. The van der Waals surface area contributed by atoms with Gasteiger partial charge in [-0.05, 0) is 103 Å². The Morgan fingerprint density at radius 2 is 1.36 bits per heavy atom. The molecule has 0 spiro atoms. The van der Waals surface area contributed by atoms with Crippen LogP contribution < -0.4 is 34.3 Å². The van der Waals surface area contributed by atoms with Crippen LogP contribution in [0.4, 0.5) is 18.3 Å². The maximum atomic E-state index is 14.8. The van der Waals surface area contributed by atoms with E-state index in [-0.39, 0.29) is 57.7 Å². The molecule has 2 N–H and O–H groups in total. The molecule has 2 atom stereocenters. The van der Waals surface area contributed by atoms with Gasteiger partial charge in [-0.2, -0.15) is 0 Å². The summed E-state index contributed by atoms with van der Waals surface area (Å²) in [6.45, 7) is 3.66. The zero-order valence-electron chi connectivity index (χ0n) is 32.5. The van der Waals surface area contributed by atoms with Crippen LogP contribution in [0.1, 0.15) is 52.7 Å². The average molecular weight is 849 g/mol. The van der Waals surface area contributed by atoms with Crippen molar-refractivity contribution < 1.29 is 55.6 Å². The van der Waals surface area contributed by atoms with E-state index >= 15 is 0 Å². The molecule has 2 unspecified atom stereocenters. The number of carbonyl (C=O) groups excluding carboxylic acids is 1. The van der Waals surface area contributed by atoms with Crippen LogP contribution in [0.3, 0.4) is 0 Å². The van der Waals surface area contributed by atoms with Crippen molar-refractivity contribution in [2.45, 2.75) is 38.9 Å². The van der Waals surface area contributed by atoms with Gasteiger partial charge in [-0.1, -0.05) is 18.2 Å². The highest BCUT2D eigenvalue weighted by molar-refractivity contribution is 7.61. The normalized spacial score (nSPS) is 12.7. The first-order valence-corrected chi connectivity index (χ1v) is 20.5. The van der Waals surface area contributed by atoms with E-state index in [1.165, 1.54) is 93.3 Å². The minimum Gasteiger partial charge on any atom is -0.494 e. The van der Waals surface area contributed by atoms with E-state index in [4.69, 9.17) is 28.2 Å². The Morgan fingerprint density at radius 3 is 1.97 bits per heavy atom. The highest BCUT2D eigenvalue weighted by Gasteiger charge is 2.30. The van der Waals surface area contributed by atoms with Gasteiger partial charge in [0.05, 0.1) is 44.5 Å². The van der Waals surface area contributed by atoms with Crippen LogP contribution in [-0.2, 0) is 21.9 Å². The lowest BCUT2D eigenvalue weighted by molar-refractivity contribution is 0.102. The zero-order chi connectivity index (χ0) is 42.3. The molecule has 59 heavy (non-hydrogen) atoms. The SMILES string of the molecule is COc1ccc(Cc2csc(NC(=O)c3cc(Oc4ccc(P(=O)(O)OC(Cc5ccc(OC)c(F)c5)c5ccc(OC)c(F)c5)cc4)cc(OC(C)C)c3)n2)cc1F. The quantitative estimate of drug-likeness (QED) is 0.0855. The topological polar surface area (TPSA) is 135 Å². The molecular weight excluding hydrogens is 809 g/mol. The summed E-state index contributed by atoms with van der Waals surface area (Å²) in [7, 11) is -0.565. The molecule has 0 bridgehead atoms. The molecule has 1 amide bonds. The van der Waals surface area contributed by atoms with Crippen LogP contribution in [0.5, 0.6) is 34.5 Å². The van der Waals surface area contributed by atoms with Gasteiger partial charge in [0.15, 0.2) is 39.8 Å². The van der Waals surface area contributed by atoms with Crippen LogP contribution in [0.25, 0.3) is 0 Å². The fourth-order valence-corrected chi connectivity index (χ4v) is 7.86. The van der Waals surface area contributed by atoms with Gasteiger partial charge < -0.3 is 28.6 Å². The first kappa shape index (κ1) is 42.7. The third-order valence-corrected chi connectivity index (χ3v) is 11.0. The van der Waals surface area contributed by atoms with Gasteiger partial charge >= 0.3 is 7.60 Å². The van der Waals surface area contributed by atoms with Crippen LogP contribution in [-0.4, -0.2) is 43.2 Å². The lowest BCUT2D eigenvalue weighted by atomic mass is 10.0. The third-order valence-electron chi connectivity index (χ3n) is 8.74. The summed E-state index contributed by atoms with van der Waals surface area (Å²) in [6, 6.07) is 23.1. The molecule has 0 radical (unpaired) electrons. The number of hydrogen-bond acceptors (Lipinski definition) is 10. The summed E-state index contributed by atoms with van der Waals surface area (Å²) in [5.74, 6) is -1.36. The predicted octanol–water partition coefficient (Wildman–Crippen LogP) is 9.82. The van der Waals surface area contributed by atoms with Crippen molar-refractivity contribution in [2.24, 2.45) is 0 Å². The molecule has 1 aromatic heterocycles. The summed E-state index contributed by atoms with van der Waals surface area (Å²) >= 11 is 1.22. The Labute approximate surface area is 342 Å². The van der Waals surface area contributed by atoms with Gasteiger partial charge in [0, 0.05) is 29.9 Å². The molecule has 0 fully saturated rings. The number of methoxy groups -OCH3 is 3. The zero-order valence-corrected chi connectivity index (χ0v) is 34.2. The summed E-state index contributed by atoms with van der Waals surface area (Å²) in [5.41, 5.74) is 2.15. The maximum absolute atomic E-state index is 14.8. The van der Waals surface area contributed by atoms with Crippen LogP contribution in [0, 0.1) is 17.5 Å². The van der Waals surface area contributed by atoms with Crippen molar-refractivity contribution in [1.82, 2.24) is 4.98 Å². The second-order valence-corrected chi connectivity index (χ2v) is 16.0. The third kappa shape index (κ3) is 11.0. The van der Waals surface area contributed by atoms with Crippen LogP contribution >= 0.6 is 18.9 Å². The fraction of sp³-hybridized carbons (Fsp3) is 0.209. The van der Waals surface area contributed by atoms with Crippen molar-refractivity contribution in [3.63, 3.8) is 0 Å². The van der Waals surface area contributed by atoms with Gasteiger partial charge in [0.25, 0.3) is 5.91 Å². The second-order valence-electron chi connectivity index (χ2n) is 13.4. The van der Waals surface area contributed by atoms with Crippen LogP contribution in [0.15, 0.2) is 102 Å². The Hall–Kier alpha value is -5.86. The van der Waals surface area contributed by atoms with Gasteiger partial charge in [0.1, 0.15) is 17.2 Å². The fourth-order valence-electron chi connectivity index (χ4n) is 5.97. The monoisotopic (exact) mass is 848 g/mol. The number of hydrogen-bond donors (Lipinski definition) is 2. The molecule has 1 heterocycles. The standard InChI is InChI=1S/C43H40F3N2O9PS/c1-25(2)55-32-20-29(42(49)48-43-47-30(24-59-43)16-26-6-13-38(52-3)35(44)17-26)21-33(23-32)56-31-9-11-34(12-10-31)58(50,51)57-41(28-8-15-40(54-5)37(46)22-28)19-27-7-14-39(53-4)36(45)18-27/h6-15,17-18,20-25,41H,16,19H2,1-5H3,(H,50,51)(H,47,48,49). The molecule has 308 valence electrons. The molecule has 6 rings (SSSR count). The Bertz CT molecular complexity index is 2480. The number of halogens is 3. The van der Waals surface area contributed by atoms with Crippen LogP contribution in [0.2, 0.25) is 0 Å². The molecule has 5 aromatic carbocycles. The van der Waals surface area contributed by atoms with E-state index in [1.54, 1.807) is 35.7 Å². The molecule has 0 saturated heterocycles. The minimum absolute atomic E-state index is 0.0160. The number of ether oxygens (including phenoxy) is 5. The second kappa shape index (κ2) is 18.8. The first-order chi connectivity index (χ1) is 28.2. The molecule has 11 nitrogen and oxygen atoms in total. The Balaban J connectivity index is 1.18. The number of nitrogens with zero attached hydrogens (tertiary/aromatic N) is 1. The molecule has 16 heteroatoms. The van der Waals surface area contributed by atoms with Crippen molar-refractivity contribution >= 4 is 35.3 Å². The van der Waals surface area contributed by atoms with E-state index in [9.17, 15) is 27.4 Å². The van der Waals surface area contributed by atoms with E-state index < -0.39 is 37.1 Å². The first-order valence-electron chi connectivity index (χ1n) is 18.1. The molecular formula is C43H40F3N2O9PS. The van der Waals surface area contributed by atoms with Crippen molar-refractivity contribution in [1.29, 1.82) is 0 Å². The van der Waals surface area contributed by atoms with E-state index in [0.29, 0.717) is 34.1 Å². The van der Waals surface area contributed by atoms with Crippen molar-refractivity contribution in [3.8, 4) is 34.5 Å². The highest BCUT2D eigenvalue weighted by atomic mass is 32.1. The van der Waals surface area contributed by atoms with Gasteiger partial charge in [-0.15, -0.1) is 11.3 Å². The lowest BCUT2D eigenvalue weighted by Crippen LogP contribution is -2.14. The van der Waals surface area contributed by atoms with E-state index in [0.717, 1.165) is 6.07 Å². The molecule has 0 aliphatic carbocycles. The smallest absolute Gasteiger partial charge is 0.359 e. The Morgan fingerprint density at radius 1 is 0.763 bits per heavy atom. The van der Waals surface area contributed by atoms with E-state index in [1.807, 2.05) is 13.8 Å². The summed E-state index contributed by atoms with van der Waals surface area (Å²) in [4.78, 5) is 29.2. The summed E-state index contributed by atoms with van der Waals surface area (Å²) in [5, 5.41) is 4.79. The van der Waals surface area contributed by atoms with Gasteiger partial charge in [-0.3, -0.25) is 19.2 Å². The highest BCUT2D eigenvalue weighted by Crippen LogP contribution is 2.47. The predicted molar refractivity (Wildman–Crippen MR) is 217 cm³/mol. The number of nitrogens with one attached hydrogen (secondary N) is 1. The minimum atomic E-state index is -4.60. The Kier molecular flexibility index (Phi) is 13.6. The maximum Gasteiger partial charge on any atom is 0.359 e. The van der Waals surface area contributed by atoms with Crippen molar-refractivity contribution in [3.05, 3.63) is 148 Å². The molecule has 0 aliphatic rings.